The third-order valence-corrected chi connectivity index (χ3v) is 4.86. The van der Waals surface area contributed by atoms with Gasteiger partial charge in [-0.25, -0.2) is 14.4 Å². The van der Waals surface area contributed by atoms with Gasteiger partial charge in [0.1, 0.15) is 16.5 Å². The zero-order valence-electron chi connectivity index (χ0n) is 12.1. The molecule has 118 valence electrons. The summed E-state index contributed by atoms with van der Waals surface area (Å²) in [6.07, 6.45) is 0. The summed E-state index contributed by atoms with van der Waals surface area (Å²) in [6.45, 7) is 1.75. The van der Waals surface area contributed by atoms with Crippen molar-refractivity contribution in [3.05, 3.63) is 41.5 Å². The number of carbonyl (C=O) groups is 1. The number of amides is 1. The Morgan fingerprint density at radius 1 is 1.30 bits per heavy atom. The smallest absolute Gasteiger partial charge is 0.237 e. The monoisotopic (exact) mass is 348 g/mol. The predicted molar refractivity (Wildman–Crippen MR) is 92.2 cm³/mol. The van der Waals surface area contributed by atoms with Crippen LogP contribution in [0.1, 0.15) is 6.92 Å². The summed E-state index contributed by atoms with van der Waals surface area (Å²) in [7, 11) is 0. The highest BCUT2D eigenvalue weighted by Gasteiger charge is 2.17. The number of rotatable bonds is 4. The van der Waals surface area contributed by atoms with Crippen LogP contribution in [0.4, 0.5) is 15.9 Å². The van der Waals surface area contributed by atoms with Crippen molar-refractivity contribution in [2.75, 3.05) is 11.1 Å². The number of aromatic nitrogens is 2. The normalized spacial score (nSPS) is 12.3. The summed E-state index contributed by atoms with van der Waals surface area (Å²) in [6, 6.07) is 7.48. The van der Waals surface area contributed by atoms with E-state index < -0.39 is 5.25 Å². The number of nitrogens with one attached hydrogen (secondary N) is 1. The third kappa shape index (κ3) is 3.59. The molecule has 0 bridgehead atoms. The Morgan fingerprint density at radius 2 is 2.04 bits per heavy atom. The summed E-state index contributed by atoms with van der Waals surface area (Å²) >= 11 is 2.70. The Bertz CT molecular complexity index is 850. The maximum Gasteiger partial charge on any atom is 0.237 e. The van der Waals surface area contributed by atoms with Crippen LogP contribution in [-0.2, 0) is 4.79 Å². The van der Waals surface area contributed by atoms with Crippen molar-refractivity contribution in [3.63, 3.8) is 0 Å². The minimum Gasteiger partial charge on any atom is -0.383 e. The van der Waals surface area contributed by atoms with Gasteiger partial charge in [-0.05, 0) is 42.6 Å². The van der Waals surface area contributed by atoms with Crippen LogP contribution in [0.2, 0.25) is 0 Å². The van der Waals surface area contributed by atoms with E-state index in [4.69, 9.17) is 5.73 Å². The molecule has 0 radical (unpaired) electrons. The zero-order chi connectivity index (χ0) is 16.4. The highest BCUT2D eigenvalue weighted by atomic mass is 32.2. The third-order valence-electron chi connectivity index (χ3n) is 3.10. The number of fused-ring (bicyclic) bond motifs is 1. The van der Waals surface area contributed by atoms with Crippen LogP contribution in [0.25, 0.3) is 10.2 Å². The number of carbonyl (C=O) groups excluding carboxylic acids is 1. The first-order valence-corrected chi connectivity index (χ1v) is 8.52. The molecule has 3 aromatic rings. The molecule has 3 N–H and O–H groups in total. The second kappa shape index (κ2) is 6.51. The second-order valence-electron chi connectivity index (χ2n) is 4.79. The van der Waals surface area contributed by atoms with Crippen LogP contribution in [0.3, 0.4) is 0 Å². The molecule has 8 heteroatoms. The highest BCUT2D eigenvalue weighted by molar-refractivity contribution is 8.00. The van der Waals surface area contributed by atoms with Crippen molar-refractivity contribution >= 4 is 50.7 Å². The Morgan fingerprint density at radius 3 is 2.78 bits per heavy atom. The fourth-order valence-corrected chi connectivity index (χ4v) is 3.51. The standard InChI is InChI=1S/C15H13FN4OS2/c1-8(13(21)18-10-4-2-9(16)3-5-10)23-15-19-12(17)11-6-7-22-14(11)20-15/h2-8H,1H3,(H,18,21)(H2,17,19,20)/t8-/m1/s1. The lowest BCUT2D eigenvalue weighted by molar-refractivity contribution is -0.115. The molecule has 23 heavy (non-hydrogen) atoms. The minimum absolute atomic E-state index is 0.213. The van der Waals surface area contributed by atoms with Crippen molar-refractivity contribution in [1.29, 1.82) is 0 Å². The Balaban J connectivity index is 1.70. The number of thiophene rings is 1. The first-order valence-electron chi connectivity index (χ1n) is 6.77. The number of anilines is 2. The number of halogens is 1. The van der Waals surface area contributed by atoms with Crippen LogP contribution in [0, 0.1) is 5.82 Å². The van der Waals surface area contributed by atoms with Crippen molar-refractivity contribution in [2.24, 2.45) is 0 Å². The number of nitrogens with two attached hydrogens (primary N) is 1. The number of nitrogen functional groups attached to an aromatic ring is 1. The molecule has 0 spiro atoms. The van der Waals surface area contributed by atoms with Gasteiger partial charge in [-0.2, -0.15) is 0 Å². The molecule has 0 aliphatic heterocycles. The summed E-state index contributed by atoms with van der Waals surface area (Å²) < 4.78 is 12.9. The van der Waals surface area contributed by atoms with E-state index in [-0.39, 0.29) is 11.7 Å². The van der Waals surface area contributed by atoms with Crippen LogP contribution in [0.15, 0.2) is 40.9 Å². The Kier molecular flexibility index (Phi) is 4.44. The predicted octanol–water partition coefficient (Wildman–Crippen LogP) is 3.53. The molecule has 1 aromatic carbocycles. The number of hydrogen-bond acceptors (Lipinski definition) is 6. The van der Waals surface area contributed by atoms with Crippen molar-refractivity contribution in [3.8, 4) is 0 Å². The summed E-state index contributed by atoms with van der Waals surface area (Å²) in [4.78, 5) is 21.6. The van der Waals surface area contributed by atoms with E-state index in [0.29, 0.717) is 16.7 Å². The average Bonchev–Trinajstić information content (AvgIpc) is 2.98. The lowest BCUT2D eigenvalue weighted by atomic mass is 10.3. The number of benzene rings is 1. The van der Waals surface area contributed by atoms with Gasteiger partial charge in [0.15, 0.2) is 5.16 Å². The largest absolute Gasteiger partial charge is 0.383 e. The van der Waals surface area contributed by atoms with Gasteiger partial charge in [0.2, 0.25) is 5.91 Å². The van der Waals surface area contributed by atoms with Crippen LogP contribution < -0.4 is 11.1 Å². The maximum absolute atomic E-state index is 12.9. The quantitative estimate of drug-likeness (QED) is 0.557. The van der Waals surface area contributed by atoms with Gasteiger partial charge in [0, 0.05) is 5.69 Å². The second-order valence-corrected chi connectivity index (χ2v) is 6.99. The molecule has 1 amide bonds. The molecule has 3 rings (SSSR count). The van der Waals surface area contributed by atoms with Crippen molar-refractivity contribution in [2.45, 2.75) is 17.3 Å². The fraction of sp³-hybridized carbons (Fsp3) is 0.133. The average molecular weight is 348 g/mol. The molecule has 0 aliphatic carbocycles. The molecule has 0 unspecified atom stereocenters. The van der Waals surface area contributed by atoms with E-state index in [1.165, 1.54) is 47.4 Å². The topological polar surface area (TPSA) is 80.9 Å². The lowest BCUT2D eigenvalue weighted by Gasteiger charge is -2.11. The molecule has 2 heterocycles. The van der Waals surface area contributed by atoms with Crippen LogP contribution in [0.5, 0.6) is 0 Å². The molecule has 1 atom stereocenters. The van der Waals surface area contributed by atoms with E-state index in [1.807, 2.05) is 11.4 Å². The number of nitrogens with zero attached hydrogens (tertiary/aromatic N) is 2. The summed E-state index contributed by atoms with van der Waals surface area (Å²) in [5.74, 6) is -0.154. The molecule has 0 saturated heterocycles. The van der Waals surface area contributed by atoms with Crippen molar-refractivity contribution < 1.29 is 9.18 Å². The van der Waals surface area contributed by atoms with E-state index in [1.54, 1.807) is 6.92 Å². The summed E-state index contributed by atoms with van der Waals surface area (Å²) in [5.41, 5.74) is 6.44. The molecule has 2 aromatic heterocycles. The Labute approximate surface area is 140 Å². The molecule has 0 saturated carbocycles. The Hall–Kier alpha value is -2.19. The molecular formula is C15H13FN4OS2. The molecule has 0 fully saturated rings. The molecule has 5 nitrogen and oxygen atoms in total. The number of thioether (sulfide) groups is 1. The van der Waals surface area contributed by atoms with E-state index >= 15 is 0 Å². The van der Waals surface area contributed by atoms with Crippen molar-refractivity contribution in [1.82, 2.24) is 9.97 Å². The molecular weight excluding hydrogens is 335 g/mol. The van der Waals surface area contributed by atoms with Gasteiger partial charge in [0.25, 0.3) is 0 Å². The van der Waals surface area contributed by atoms with Gasteiger partial charge in [-0.3, -0.25) is 4.79 Å². The number of hydrogen-bond donors (Lipinski definition) is 2. The van der Waals surface area contributed by atoms with E-state index in [9.17, 15) is 9.18 Å². The summed E-state index contributed by atoms with van der Waals surface area (Å²) in [5, 5.41) is 5.48. The zero-order valence-corrected chi connectivity index (χ0v) is 13.7. The van der Waals surface area contributed by atoms with Crippen LogP contribution >= 0.6 is 23.1 Å². The fourth-order valence-electron chi connectivity index (χ4n) is 1.90. The minimum atomic E-state index is -0.420. The van der Waals surface area contributed by atoms with E-state index in [2.05, 4.69) is 15.3 Å². The maximum atomic E-state index is 12.9. The van der Waals surface area contributed by atoms with Gasteiger partial charge < -0.3 is 11.1 Å². The first kappa shape index (κ1) is 15.7. The van der Waals surface area contributed by atoms with Gasteiger partial charge in [-0.15, -0.1) is 11.3 Å². The van der Waals surface area contributed by atoms with Crippen LogP contribution in [-0.4, -0.2) is 21.1 Å². The van der Waals surface area contributed by atoms with Gasteiger partial charge in [0.05, 0.1) is 10.6 Å². The van der Waals surface area contributed by atoms with Gasteiger partial charge >= 0.3 is 0 Å². The molecule has 0 aliphatic rings. The highest BCUT2D eigenvalue weighted by Crippen LogP contribution is 2.28. The first-order chi connectivity index (χ1) is 11.0. The lowest BCUT2D eigenvalue weighted by Crippen LogP contribution is -2.22. The van der Waals surface area contributed by atoms with Gasteiger partial charge in [-0.1, -0.05) is 11.8 Å². The SMILES string of the molecule is C[C@@H](Sc1nc(N)c2ccsc2n1)C(=O)Nc1ccc(F)cc1. The van der Waals surface area contributed by atoms with E-state index in [0.717, 1.165) is 10.2 Å².